The van der Waals surface area contributed by atoms with Crippen molar-refractivity contribution in [3.05, 3.63) is 58.1 Å². The summed E-state index contributed by atoms with van der Waals surface area (Å²) in [6.45, 7) is 0. The molecule has 0 unspecified atom stereocenters. The highest BCUT2D eigenvalue weighted by Gasteiger charge is 2.18. The van der Waals surface area contributed by atoms with Crippen molar-refractivity contribution >= 4 is 39.9 Å². The Balaban J connectivity index is 2.04. The molecular weight excluding hydrogens is 390 g/mol. The largest absolute Gasteiger partial charge is 0.381 e. The summed E-state index contributed by atoms with van der Waals surface area (Å²) in [5.74, 6) is -0.594. The number of halogens is 3. The van der Waals surface area contributed by atoms with Crippen LogP contribution in [0.15, 0.2) is 36.5 Å². The second kappa shape index (κ2) is 6.50. The fourth-order valence-corrected chi connectivity index (χ4v) is 3.27. The molecule has 132 valence electrons. The van der Waals surface area contributed by atoms with E-state index < -0.39 is 5.82 Å². The summed E-state index contributed by atoms with van der Waals surface area (Å²) >= 11 is 12.3. The van der Waals surface area contributed by atoms with Gasteiger partial charge >= 0.3 is 0 Å². The van der Waals surface area contributed by atoms with Crippen LogP contribution in [0.2, 0.25) is 10.0 Å². The zero-order valence-corrected chi connectivity index (χ0v) is 15.0. The maximum absolute atomic E-state index is 13.9. The molecule has 0 bridgehead atoms. The molecule has 9 heteroatoms. The molecule has 0 spiro atoms. The van der Waals surface area contributed by atoms with E-state index in [9.17, 15) is 9.65 Å². The van der Waals surface area contributed by atoms with Crippen molar-refractivity contribution in [3.63, 3.8) is 0 Å². The number of aromatic amines is 1. The summed E-state index contributed by atoms with van der Waals surface area (Å²) in [6, 6.07) is 9.34. The number of nitrogen functional groups attached to an aromatic ring is 1. The maximum Gasteiger partial charge on any atom is 0.183 e. The van der Waals surface area contributed by atoms with Crippen LogP contribution >= 0.6 is 23.2 Å². The third kappa shape index (κ3) is 3.05. The van der Waals surface area contributed by atoms with Crippen molar-refractivity contribution in [1.29, 1.82) is 5.26 Å². The van der Waals surface area contributed by atoms with Crippen LogP contribution in [0, 0.1) is 17.1 Å². The standard InChI is InChI=1S/C18H9Cl2FN6/c19-11-2-9(3-12(21)5-11)17-16(25-14(6-22)18(23)26-17)8-1-10-7-24-27-15(10)13(20)4-8/h1-5,7H,(H2,23,26)(H,24,27). The maximum atomic E-state index is 13.9. The first-order chi connectivity index (χ1) is 13.0. The third-order valence-electron chi connectivity index (χ3n) is 3.94. The normalized spacial score (nSPS) is 10.9. The second-order valence-corrected chi connectivity index (χ2v) is 6.56. The van der Waals surface area contributed by atoms with Gasteiger partial charge in [0.1, 0.15) is 11.9 Å². The van der Waals surface area contributed by atoms with E-state index in [4.69, 9.17) is 28.9 Å². The van der Waals surface area contributed by atoms with Crippen molar-refractivity contribution in [3.8, 4) is 28.6 Å². The van der Waals surface area contributed by atoms with E-state index >= 15 is 0 Å². The van der Waals surface area contributed by atoms with Crippen molar-refractivity contribution in [2.24, 2.45) is 0 Å². The van der Waals surface area contributed by atoms with Crippen molar-refractivity contribution in [2.75, 3.05) is 5.73 Å². The van der Waals surface area contributed by atoms with Gasteiger partial charge in [-0.2, -0.15) is 10.4 Å². The highest BCUT2D eigenvalue weighted by atomic mass is 35.5. The second-order valence-electron chi connectivity index (χ2n) is 5.72. The van der Waals surface area contributed by atoms with Crippen molar-refractivity contribution in [1.82, 2.24) is 20.2 Å². The molecule has 27 heavy (non-hydrogen) atoms. The summed E-state index contributed by atoms with van der Waals surface area (Å²) in [4.78, 5) is 8.60. The number of rotatable bonds is 2. The van der Waals surface area contributed by atoms with Gasteiger partial charge in [0, 0.05) is 21.5 Å². The molecule has 0 aliphatic carbocycles. The molecule has 0 fully saturated rings. The van der Waals surface area contributed by atoms with Gasteiger partial charge in [0.2, 0.25) is 0 Å². The van der Waals surface area contributed by atoms with Gasteiger partial charge < -0.3 is 5.73 Å². The Kier molecular flexibility index (Phi) is 4.15. The molecule has 2 aromatic carbocycles. The number of anilines is 1. The third-order valence-corrected chi connectivity index (χ3v) is 4.46. The van der Waals surface area contributed by atoms with Crippen LogP contribution in [0.25, 0.3) is 33.4 Å². The van der Waals surface area contributed by atoms with E-state index in [-0.39, 0.29) is 22.2 Å². The molecule has 4 rings (SSSR count). The molecule has 0 atom stereocenters. The number of nitrogens with zero attached hydrogens (tertiary/aromatic N) is 4. The average Bonchev–Trinajstić information content (AvgIpc) is 3.10. The minimum atomic E-state index is -0.531. The number of aromatic nitrogens is 4. The summed E-state index contributed by atoms with van der Waals surface area (Å²) in [6.07, 6.45) is 1.61. The number of hydrogen-bond donors (Lipinski definition) is 2. The van der Waals surface area contributed by atoms with Gasteiger partial charge in [-0.1, -0.05) is 23.2 Å². The SMILES string of the molecule is N#Cc1nc(-c2cc(Cl)c3[nH]ncc3c2)c(-c2cc(F)cc(Cl)c2)nc1N. The van der Waals surface area contributed by atoms with Crippen LogP contribution in [0.3, 0.4) is 0 Å². The van der Waals surface area contributed by atoms with Crippen LogP contribution in [-0.4, -0.2) is 20.2 Å². The molecule has 0 saturated carbocycles. The summed E-state index contributed by atoms with van der Waals surface area (Å²) in [5, 5.41) is 17.4. The molecule has 3 N–H and O–H groups in total. The van der Waals surface area contributed by atoms with Gasteiger partial charge in [-0.3, -0.25) is 5.10 Å². The Morgan fingerprint density at radius 2 is 1.78 bits per heavy atom. The van der Waals surface area contributed by atoms with Crippen LogP contribution in [0.5, 0.6) is 0 Å². The van der Waals surface area contributed by atoms with E-state index in [0.717, 1.165) is 5.39 Å². The zero-order chi connectivity index (χ0) is 19.1. The van der Waals surface area contributed by atoms with Crippen LogP contribution in [-0.2, 0) is 0 Å². The van der Waals surface area contributed by atoms with Gasteiger partial charge in [0.05, 0.1) is 28.1 Å². The Morgan fingerprint density at radius 3 is 2.52 bits per heavy atom. The summed E-state index contributed by atoms with van der Waals surface area (Å²) in [7, 11) is 0. The first-order valence-corrected chi connectivity index (χ1v) is 8.39. The average molecular weight is 399 g/mol. The highest BCUT2D eigenvalue weighted by Crippen LogP contribution is 2.35. The number of nitriles is 1. The van der Waals surface area contributed by atoms with E-state index in [2.05, 4.69) is 20.2 Å². The number of nitrogens with one attached hydrogen (secondary N) is 1. The predicted octanol–water partition coefficient (Wildman–Crippen LogP) is 4.59. The minimum Gasteiger partial charge on any atom is -0.381 e. The van der Waals surface area contributed by atoms with Crippen molar-refractivity contribution < 1.29 is 4.39 Å². The van der Waals surface area contributed by atoms with E-state index in [1.54, 1.807) is 24.4 Å². The molecule has 0 aliphatic rings. The summed E-state index contributed by atoms with van der Waals surface area (Å²) in [5.41, 5.74) is 8.02. The van der Waals surface area contributed by atoms with Crippen LogP contribution in [0.1, 0.15) is 5.69 Å². The molecule has 0 saturated heterocycles. The monoisotopic (exact) mass is 398 g/mol. The molecular formula is C18H9Cl2FN6. The van der Waals surface area contributed by atoms with E-state index in [1.165, 1.54) is 12.1 Å². The Labute approximate surface area is 162 Å². The lowest BCUT2D eigenvalue weighted by atomic mass is 10.0. The lowest BCUT2D eigenvalue weighted by Gasteiger charge is -2.11. The number of benzene rings is 2. The number of hydrogen-bond acceptors (Lipinski definition) is 5. The molecule has 0 amide bonds. The van der Waals surface area contributed by atoms with Crippen LogP contribution < -0.4 is 5.73 Å². The Hall–Kier alpha value is -3.21. The Morgan fingerprint density at radius 1 is 1.04 bits per heavy atom. The van der Waals surface area contributed by atoms with Gasteiger partial charge in [-0.25, -0.2) is 14.4 Å². The van der Waals surface area contributed by atoms with E-state index in [1.807, 2.05) is 6.07 Å². The van der Waals surface area contributed by atoms with Gasteiger partial charge in [-0.05, 0) is 30.3 Å². The smallest absolute Gasteiger partial charge is 0.183 e. The zero-order valence-electron chi connectivity index (χ0n) is 13.5. The number of fused-ring (bicyclic) bond motifs is 1. The lowest BCUT2D eigenvalue weighted by molar-refractivity contribution is 0.628. The predicted molar refractivity (Wildman–Crippen MR) is 102 cm³/mol. The van der Waals surface area contributed by atoms with Crippen LogP contribution in [0.4, 0.5) is 10.2 Å². The first kappa shape index (κ1) is 17.2. The number of nitrogens with two attached hydrogens (primary N) is 1. The lowest BCUT2D eigenvalue weighted by Crippen LogP contribution is -2.03. The molecule has 2 heterocycles. The fraction of sp³-hybridized carbons (Fsp3) is 0. The molecule has 2 aromatic heterocycles. The molecule has 0 aliphatic heterocycles. The van der Waals surface area contributed by atoms with Gasteiger partial charge in [0.15, 0.2) is 11.5 Å². The molecule has 4 aromatic rings. The quantitative estimate of drug-likeness (QED) is 0.513. The summed E-state index contributed by atoms with van der Waals surface area (Å²) < 4.78 is 13.9. The van der Waals surface area contributed by atoms with Crippen molar-refractivity contribution in [2.45, 2.75) is 0 Å². The van der Waals surface area contributed by atoms with Gasteiger partial charge in [-0.15, -0.1) is 0 Å². The number of H-pyrrole nitrogens is 1. The van der Waals surface area contributed by atoms with E-state index in [0.29, 0.717) is 27.4 Å². The first-order valence-electron chi connectivity index (χ1n) is 7.63. The Bertz CT molecular complexity index is 1220. The topological polar surface area (TPSA) is 104 Å². The van der Waals surface area contributed by atoms with Gasteiger partial charge in [0.25, 0.3) is 0 Å². The fourth-order valence-electron chi connectivity index (χ4n) is 2.77. The molecule has 6 nitrogen and oxygen atoms in total. The highest BCUT2D eigenvalue weighted by molar-refractivity contribution is 6.35. The minimum absolute atomic E-state index is 0.0420. The molecule has 0 radical (unpaired) electrons.